The molecule has 11 heterocycles. The topological polar surface area (TPSA) is 263 Å². The monoisotopic (exact) mass is 1790 g/mol. The van der Waals surface area contributed by atoms with Gasteiger partial charge in [0, 0.05) is 111 Å². The average molecular weight is 1790 g/mol. The Kier molecular flexibility index (Phi) is 25.1. The number of hydrogen-bond donors (Lipinski definition) is 4. The van der Waals surface area contributed by atoms with Crippen LogP contribution in [-0.4, -0.2) is 86.1 Å². The molecule has 20 rings (SSSR count). The zero-order valence-corrected chi connectivity index (χ0v) is 72.3. The van der Waals surface area contributed by atoms with Crippen LogP contribution in [0.15, 0.2) is 346 Å². The van der Waals surface area contributed by atoms with Crippen LogP contribution in [0.4, 0.5) is 53.5 Å². The molecule has 20 aromatic rings. The summed E-state index contributed by atoms with van der Waals surface area (Å²) in [6.45, 7) is 11.7. The molecule has 0 aliphatic carbocycles. The fourth-order valence-corrected chi connectivity index (χ4v) is 15.3. The third-order valence-corrected chi connectivity index (χ3v) is 22.1. The molecule has 22 nitrogen and oxygen atoms in total. The first-order valence-electron chi connectivity index (χ1n) is 41.9. The van der Waals surface area contributed by atoms with E-state index in [2.05, 4.69) is 66.1 Å². The molecule has 0 aliphatic heterocycles. The molecule has 0 saturated heterocycles. The van der Waals surface area contributed by atoms with Gasteiger partial charge in [0.15, 0.2) is 17.5 Å². The third kappa shape index (κ3) is 19.4. The molecule has 29 heteroatoms. The predicted octanol–water partition coefficient (Wildman–Crippen LogP) is 24.3. The Morgan fingerprint density at radius 1 is 0.313 bits per heavy atom. The van der Waals surface area contributed by atoms with Crippen molar-refractivity contribution in [3.8, 4) is 90.8 Å². The lowest BCUT2D eigenvalue weighted by Crippen LogP contribution is -2.19. The highest BCUT2D eigenvalue weighted by atomic mass is 19.4. The van der Waals surface area contributed by atoms with Crippen LogP contribution in [0, 0.1) is 47.4 Å². The summed E-state index contributed by atoms with van der Waals surface area (Å²) in [5.74, 6) is 0.958. The molecule has 4 N–H and O–H groups in total. The number of hydrogen-bond acceptors (Lipinski definition) is 14. The van der Waals surface area contributed by atoms with E-state index in [9.17, 15) is 49.9 Å². The molecule has 662 valence electrons. The van der Waals surface area contributed by atoms with Gasteiger partial charge in [0.1, 0.15) is 23.6 Å². The number of carbonyl (C=O) groups is 4. The second-order valence-electron chi connectivity index (χ2n) is 31.4. The summed E-state index contributed by atoms with van der Waals surface area (Å²) in [6, 6.07) is 70.7. The fourth-order valence-electron chi connectivity index (χ4n) is 15.3. The summed E-state index contributed by atoms with van der Waals surface area (Å²) in [5.41, 5.74) is 16.7. The Balaban J connectivity index is 0.000000125. The summed E-state index contributed by atoms with van der Waals surface area (Å²) >= 11 is 0. The molecule has 134 heavy (non-hydrogen) atoms. The van der Waals surface area contributed by atoms with E-state index in [0.29, 0.717) is 102 Å². The molecule has 9 aromatic carbocycles. The van der Waals surface area contributed by atoms with Crippen LogP contribution in [0.2, 0.25) is 0 Å². The van der Waals surface area contributed by atoms with E-state index >= 15 is 0 Å². The van der Waals surface area contributed by atoms with E-state index in [0.717, 1.165) is 90.2 Å². The van der Waals surface area contributed by atoms with Crippen molar-refractivity contribution in [3.63, 3.8) is 0 Å². The fraction of sp³-hybridized carbons (Fsp3) is 0.0762. The second kappa shape index (κ2) is 38.0. The number of amides is 4. The van der Waals surface area contributed by atoms with Crippen molar-refractivity contribution >= 4 is 68.4 Å². The first kappa shape index (κ1) is 88.5. The van der Waals surface area contributed by atoms with Gasteiger partial charge in [-0.1, -0.05) is 144 Å². The summed E-state index contributed by atoms with van der Waals surface area (Å²) in [7, 11) is 0. The Labute approximate surface area is 761 Å². The van der Waals surface area contributed by atoms with Gasteiger partial charge in [0.25, 0.3) is 29.5 Å². The maximum absolute atomic E-state index is 13.8. The number of nitrogens with one attached hydrogen (secondary N) is 4. The number of fused-ring (bicyclic) bond motifs is 4. The number of nitrogens with zero attached hydrogens (tertiary/aromatic N) is 13. The molecule has 11 aromatic heterocycles. The van der Waals surface area contributed by atoms with Gasteiger partial charge in [-0.05, 0) is 202 Å². The van der Waals surface area contributed by atoms with Gasteiger partial charge < -0.3 is 25.7 Å². The van der Waals surface area contributed by atoms with E-state index in [4.69, 9.17) is 4.42 Å². The quantitative estimate of drug-likeness (QED) is 0.0656. The van der Waals surface area contributed by atoms with Crippen LogP contribution in [0.1, 0.15) is 85.9 Å². The van der Waals surface area contributed by atoms with Crippen molar-refractivity contribution in [2.45, 2.75) is 53.9 Å². The molecular weight excluding hydrogens is 1710 g/mol. The normalized spacial score (nSPS) is 11.3. The number of alkyl halides is 6. The number of oxazole rings is 1. The van der Waals surface area contributed by atoms with Gasteiger partial charge in [-0.2, -0.15) is 26.3 Å². The van der Waals surface area contributed by atoms with Gasteiger partial charge >= 0.3 is 12.4 Å². The number of aromatic nitrogens is 13. The lowest BCUT2D eigenvalue weighted by Gasteiger charge is -2.15. The standard InChI is InChI=1S/C28H19F4N3O.C26H18F3N5O.C26H21N5O.C25H20N4O2/c1-17-7-10-21(11-8-17)34-27(36)23-15-18(9-12-24(23)28(30,31)32)22-6-3-13-35-25(22)16-33-26(35)19-4-2-5-20(29)14-19;1-16-4-7-18(8-5-16)33-25(35)20-13-17(6-9-21(20)26(27,28)29)19-3-2-12-34-23(19)15-32-24(34)22-14-30-10-11-31-22;1-17-6-10-20(11-7-17)30-26(32)22-15-19(9-8-18(22)2)21-5-3-14-31-23(21)16-29-25(31)24-27-12-4-13-28-24;1-16-5-9-19(10-6-16)28-24(30)21-14-18(8-7-17(21)2)20-4-3-12-29-22(20)15-27-23(29)25-26-11-13-31-25/h2-16H,1H3,(H,34,36);2-15H,1H3,(H,33,35);3-16H,1-2H3,(H,30,32);3-15H,1-2H3,(H,28,30). The first-order valence-corrected chi connectivity index (χ1v) is 41.9. The predicted molar refractivity (Wildman–Crippen MR) is 501 cm³/mol. The van der Waals surface area contributed by atoms with Crippen LogP contribution >= 0.6 is 0 Å². The van der Waals surface area contributed by atoms with E-state index in [-0.39, 0.29) is 11.8 Å². The second-order valence-corrected chi connectivity index (χ2v) is 31.4. The number of pyridine rings is 4. The summed E-state index contributed by atoms with van der Waals surface area (Å²) in [5, 5.41) is 11.1. The molecule has 0 aliphatic rings. The molecule has 0 atom stereocenters. The SMILES string of the molecule is Cc1ccc(NC(=O)c2cc(-c3cccn4c(-c5cccc(F)c5)ncc34)ccc2C(F)(F)F)cc1.Cc1ccc(NC(=O)c2cc(-c3cccn4c(-c5cnccn5)ncc34)ccc2C(F)(F)F)cc1.Cc1ccc(NC(=O)c2cc(-c3cccn4c(-c5ncccn5)ncc34)ccc2C)cc1.Cc1ccc(NC(=O)c2cc(-c3cccn4c(-c5ncco5)ncc34)ccc2C)cc1. The molecule has 0 saturated carbocycles. The molecular formula is C105H78F7N17O5. The minimum atomic E-state index is -4.72. The Morgan fingerprint density at radius 3 is 1.07 bits per heavy atom. The maximum Gasteiger partial charge on any atom is 0.417 e. The van der Waals surface area contributed by atoms with Crippen LogP contribution in [-0.2, 0) is 12.4 Å². The summed E-state index contributed by atoms with van der Waals surface area (Å²) < 4.78 is 109. The lowest BCUT2D eigenvalue weighted by molar-refractivity contribution is -0.138. The Morgan fingerprint density at radius 2 is 0.679 bits per heavy atom. The third-order valence-electron chi connectivity index (χ3n) is 22.1. The Hall–Kier alpha value is -17.5. The minimum absolute atomic E-state index is 0.132. The van der Waals surface area contributed by atoms with Crippen molar-refractivity contribution in [2.75, 3.05) is 21.3 Å². The van der Waals surface area contributed by atoms with Crippen molar-refractivity contribution in [1.29, 1.82) is 0 Å². The molecule has 0 radical (unpaired) electrons. The largest absolute Gasteiger partial charge is 0.442 e. The number of imidazole rings is 4. The zero-order chi connectivity index (χ0) is 93.5. The van der Waals surface area contributed by atoms with Crippen molar-refractivity contribution in [2.24, 2.45) is 0 Å². The molecule has 0 unspecified atom stereocenters. The average Bonchev–Trinajstić information content (AvgIpc) is 1.64. The highest BCUT2D eigenvalue weighted by Gasteiger charge is 2.37. The van der Waals surface area contributed by atoms with Crippen LogP contribution in [0.3, 0.4) is 0 Å². The number of rotatable bonds is 16. The molecule has 0 spiro atoms. The van der Waals surface area contributed by atoms with Gasteiger partial charge in [0.2, 0.25) is 5.82 Å². The molecule has 0 fully saturated rings. The van der Waals surface area contributed by atoms with E-state index in [1.165, 1.54) is 42.7 Å². The first-order chi connectivity index (χ1) is 64.7. The molecule has 0 bridgehead atoms. The number of benzene rings is 9. The molecule has 4 amide bonds. The van der Waals surface area contributed by atoms with Gasteiger partial charge in [-0.15, -0.1) is 0 Å². The summed E-state index contributed by atoms with van der Waals surface area (Å²) in [4.78, 5) is 91.0. The van der Waals surface area contributed by atoms with Gasteiger partial charge in [0.05, 0.1) is 81.5 Å². The number of carbonyl (C=O) groups excluding carboxylic acids is 4. The number of aryl methyl sites for hydroxylation is 6. The van der Waals surface area contributed by atoms with E-state index in [1.54, 1.807) is 168 Å². The van der Waals surface area contributed by atoms with E-state index < -0.39 is 52.2 Å². The van der Waals surface area contributed by atoms with Crippen molar-refractivity contribution in [1.82, 2.24) is 62.5 Å². The Bertz CT molecular complexity index is 7760. The smallest absolute Gasteiger partial charge is 0.417 e. The maximum atomic E-state index is 13.8. The minimum Gasteiger partial charge on any atom is -0.442 e. The van der Waals surface area contributed by atoms with Crippen molar-refractivity contribution < 1.29 is 54.3 Å². The van der Waals surface area contributed by atoms with Crippen molar-refractivity contribution in [3.05, 3.63) is 414 Å². The van der Waals surface area contributed by atoms with Crippen LogP contribution in [0.5, 0.6) is 0 Å². The zero-order valence-electron chi connectivity index (χ0n) is 72.3. The van der Waals surface area contributed by atoms with E-state index in [1.807, 2.05) is 178 Å². The highest BCUT2D eigenvalue weighted by Crippen LogP contribution is 2.41. The van der Waals surface area contributed by atoms with Crippen LogP contribution < -0.4 is 21.3 Å². The summed E-state index contributed by atoms with van der Waals surface area (Å²) in [6.07, 6.45) is 16.0. The highest BCUT2D eigenvalue weighted by molar-refractivity contribution is 6.09. The van der Waals surface area contributed by atoms with Gasteiger partial charge in [-0.25, -0.2) is 44.3 Å². The van der Waals surface area contributed by atoms with Gasteiger partial charge in [-0.3, -0.25) is 41.8 Å². The number of anilines is 4. The van der Waals surface area contributed by atoms with Crippen LogP contribution in [0.25, 0.3) is 113 Å². The number of halogens is 7. The lowest BCUT2D eigenvalue weighted by atomic mass is 9.98.